The van der Waals surface area contributed by atoms with E-state index in [9.17, 15) is 4.79 Å². The van der Waals surface area contributed by atoms with E-state index in [0.717, 1.165) is 31.7 Å². The van der Waals surface area contributed by atoms with Crippen LogP contribution in [0.5, 0.6) is 0 Å². The van der Waals surface area contributed by atoms with Crippen LogP contribution in [0.2, 0.25) is 0 Å². The molecule has 1 aliphatic carbocycles. The van der Waals surface area contributed by atoms with Crippen molar-refractivity contribution in [1.82, 2.24) is 5.32 Å². The Bertz CT molecular complexity index is 199. The first-order valence-electron chi connectivity index (χ1n) is 5.21. The Labute approximate surface area is 83.8 Å². The number of carbonyl (C=O) groups excluding carboxylic acids is 1. The smallest absolute Gasteiger partial charge is 0.196 e. The summed E-state index contributed by atoms with van der Waals surface area (Å²) in [5.74, 6) is 0.959. The summed E-state index contributed by atoms with van der Waals surface area (Å²) in [4.78, 5) is 11.9. The van der Waals surface area contributed by atoms with Crippen molar-refractivity contribution in [3.05, 3.63) is 0 Å². The number of carbonyl (C=O) groups is 1. The van der Waals surface area contributed by atoms with Gasteiger partial charge in [0.1, 0.15) is 0 Å². The molecule has 3 heteroatoms. The second-order valence-electron chi connectivity index (χ2n) is 4.15. The van der Waals surface area contributed by atoms with Crippen molar-refractivity contribution in [2.45, 2.75) is 32.1 Å². The molecule has 0 aromatic rings. The Hall–Kier alpha value is -0.0200. The minimum Gasteiger partial charge on any atom is -0.315 e. The molecule has 2 fully saturated rings. The van der Waals surface area contributed by atoms with Crippen LogP contribution in [-0.2, 0) is 4.79 Å². The Morgan fingerprint density at radius 1 is 1.23 bits per heavy atom. The number of rotatable bonds is 0. The zero-order valence-corrected chi connectivity index (χ0v) is 8.79. The Kier molecular flexibility index (Phi) is 2.94. The summed E-state index contributed by atoms with van der Waals surface area (Å²) >= 11 is 1.54. The summed E-state index contributed by atoms with van der Waals surface area (Å²) < 4.78 is 0. The van der Waals surface area contributed by atoms with Crippen molar-refractivity contribution in [2.24, 2.45) is 5.41 Å². The first-order chi connectivity index (χ1) is 6.33. The van der Waals surface area contributed by atoms with E-state index in [-0.39, 0.29) is 5.41 Å². The van der Waals surface area contributed by atoms with Gasteiger partial charge in [-0.15, -0.1) is 0 Å². The topological polar surface area (TPSA) is 29.1 Å². The van der Waals surface area contributed by atoms with Crippen LogP contribution in [0.25, 0.3) is 0 Å². The number of hydrogen-bond donors (Lipinski definition) is 1. The molecule has 0 amide bonds. The van der Waals surface area contributed by atoms with Crippen molar-refractivity contribution in [2.75, 3.05) is 18.8 Å². The van der Waals surface area contributed by atoms with E-state index in [4.69, 9.17) is 0 Å². The lowest BCUT2D eigenvalue weighted by Gasteiger charge is -2.34. The molecule has 0 radical (unpaired) electrons. The lowest BCUT2D eigenvalue weighted by Crippen LogP contribution is -2.39. The summed E-state index contributed by atoms with van der Waals surface area (Å²) in [6, 6.07) is 0. The highest BCUT2D eigenvalue weighted by molar-refractivity contribution is 8.13. The van der Waals surface area contributed by atoms with E-state index in [2.05, 4.69) is 5.32 Å². The van der Waals surface area contributed by atoms with Gasteiger partial charge in [0.15, 0.2) is 5.12 Å². The molecular formula is C10H17NOS. The SMILES string of the molecule is O=C1SCCNCC12CCCCC2. The minimum absolute atomic E-state index is 0.0133. The van der Waals surface area contributed by atoms with Crippen molar-refractivity contribution < 1.29 is 4.79 Å². The molecule has 2 rings (SSSR count). The number of hydrogen-bond acceptors (Lipinski definition) is 3. The normalized spacial score (nSPS) is 28.8. The third-order valence-corrected chi connectivity index (χ3v) is 4.32. The van der Waals surface area contributed by atoms with Gasteiger partial charge in [0.05, 0.1) is 5.41 Å². The van der Waals surface area contributed by atoms with Gasteiger partial charge in [-0.05, 0) is 12.8 Å². The van der Waals surface area contributed by atoms with Crippen LogP contribution >= 0.6 is 11.8 Å². The Morgan fingerprint density at radius 3 is 2.77 bits per heavy atom. The second-order valence-corrected chi connectivity index (χ2v) is 5.22. The largest absolute Gasteiger partial charge is 0.315 e. The monoisotopic (exact) mass is 199 g/mol. The zero-order valence-electron chi connectivity index (χ0n) is 7.97. The van der Waals surface area contributed by atoms with Gasteiger partial charge in [-0.2, -0.15) is 0 Å². The molecule has 0 aromatic heterocycles. The van der Waals surface area contributed by atoms with E-state index >= 15 is 0 Å². The molecule has 0 aromatic carbocycles. The molecule has 0 unspecified atom stereocenters. The molecule has 0 bridgehead atoms. The first kappa shape index (κ1) is 9.53. The van der Waals surface area contributed by atoms with Gasteiger partial charge in [-0.3, -0.25) is 4.79 Å². The van der Waals surface area contributed by atoms with Crippen molar-refractivity contribution in [3.8, 4) is 0 Å². The van der Waals surface area contributed by atoms with Gasteiger partial charge < -0.3 is 5.32 Å². The quantitative estimate of drug-likeness (QED) is 0.645. The lowest BCUT2D eigenvalue weighted by molar-refractivity contribution is -0.121. The third-order valence-electron chi connectivity index (χ3n) is 3.22. The fraction of sp³-hybridized carbons (Fsp3) is 0.900. The molecule has 0 atom stereocenters. The van der Waals surface area contributed by atoms with Gasteiger partial charge in [0.2, 0.25) is 0 Å². The average Bonchev–Trinajstić information content (AvgIpc) is 2.33. The van der Waals surface area contributed by atoms with E-state index in [1.165, 1.54) is 19.3 Å². The van der Waals surface area contributed by atoms with Gasteiger partial charge in [-0.1, -0.05) is 31.0 Å². The molecule has 1 saturated carbocycles. The molecule has 2 nitrogen and oxygen atoms in total. The molecule has 1 saturated heterocycles. The van der Waals surface area contributed by atoms with Crippen molar-refractivity contribution in [1.29, 1.82) is 0 Å². The molecule has 1 aliphatic heterocycles. The summed E-state index contributed by atoms with van der Waals surface area (Å²) in [7, 11) is 0. The van der Waals surface area contributed by atoms with E-state index in [1.807, 2.05) is 0 Å². The summed E-state index contributed by atoms with van der Waals surface area (Å²) in [5, 5.41) is 3.85. The maximum Gasteiger partial charge on any atom is 0.196 e. The van der Waals surface area contributed by atoms with E-state index in [1.54, 1.807) is 11.8 Å². The van der Waals surface area contributed by atoms with E-state index < -0.39 is 0 Å². The van der Waals surface area contributed by atoms with Crippen LogP contribution in [0.3, 0.4) is 0 Å². The van der Waals surface area contributed by atoms with Crippen LogP contribution < -0.4 is 5.32 Å². The predicted octanol–water partition coefficient (Wildman–Crippen LogP) is 1.80. The highest BCUT2D eigenvalue weighted by Crippen LogP contribution is 2.40. The average molecular weight is 199 g/mol. The molecule has 1 heterocycles. The lowest BCUT2D eigenvalue weighted by atomic mass is 9.75. The zero-order chi connectivity index (χ0) is 9.15. The summed E-state index contributed by atoms with van der Waals surface area (Å²) in [6.07, 6.45) is 6.04. The van der Waals surface area contributed by atoms with Crippen molar-refractivity contribution >= 4 is 16.9 Å². The summed E-state index contributed by atoms with van der Waals surface area (Å²) in [5.41, 5.74) is 0.0133. The standard InChI is InChI=1S/C10H17NOS/c12-9-10(4-2-1-3-5-10)8-11-6-7-13-9/h11H,1-8H2. The maximum atomic E-state index is 11.9. The van der Waals surface area contributed by atoms with Gasteiger partial charge >= 0.3 is 0 Å². The van der Waals surface area contributed by atoms with Crippen LogP contribution in [0.4, 0.5) is 0 Å². The molecule has 1 N–H and O–H groups in total. The molecule has 74 valence electrons. The fourth-order valence-electron chi connectivity index (χ4n) is 2.38. The maximum absolute atomic E-state index is 11.9. The van der Waals surface area contributed by atoms with Gasteiger partial charge in [0, 0.05) is 18.8 Å². The van der Waals surface area contributed by atoms with Gasteiger partial charge in [-0.25, -0.2) is 0 Å². The highest BCUT2D eigenvalue weighted by atomic mass is 32.2. The van der Waals surface area contributed by atoms with Crippen LogP contribution in [0, 0.1) is 5.41 Å². The fourth-order valence-corrected chi connectivity index (χ4v) is 3.39. The molecule has 13 heavy (non-hydrogen) atoms. The molecule has 1 spiro atoms. The van der Waals surface area contributed by atoms with Crippen LogP contribution in [-0.4, -0.2) is 24.0 Å². The second kappa shape index (κ2) is 4.01. The Balaban J connectivity index is 2.10. The highest BCUT2D eigenvalue weighted by Gasteiger charge is 2.39. The number of thioether (sulfide) groups is 1. The van der Waals surface area contributed by atoms with E-state index in [0.29, 0.717) is 5.12 Å². The first-order valence-corrected chi connectivity index (χ1v) is 6.20. The minimum atomic E-state index is 0.0133. The molecule has 2 aliphatic rings. The Morgan fingerprint density at radius 2 is 2.00 bits per heavy atom. The number of nitrogens with one attached hydrogen (secondary N) is 1. The third kappa shape index (κ3) is 1.91. The summed E-state index contributed by atoms with van der Waals surface area (Å²) in [6.45, 7) is 1.93. The van der Waals surface area contributed by atoms with Crippen LogP contribution in [0.1, 0.15) is 32.1 Å². The van der Waals surface area contributed by atoms with Crippen molar-refractivity contribution in [3.63, 3.8) is 0 Å². The predicted molar refractivity (Wildman–Crippen MR) is 55.9 cm³/mol. The molecular weight excluding hydrogens is 182 g/mol. The van der Waals surface area contributed by atoms with Gasteiger partial charge in [0.25, 0.3) is 0 Å². The van der Waals surface area contributed by atoms with Crippen LogP contribution in [0.15, 0.2) is 0 Å².